The van der Waals surface area contributed by atoms with Crippen LogP contribution in [0.3, 0.4) is 0 Å². The molecule has 0 saturated heterocycles. The predicted octanol–water partition coefficient (Wildman–Crippen LogP) is 1.80. The van der Waals surface area contributed by atoms with Crippen molar-refractivity contribution in [2.24, 2.45) is 0 Å². The van der Waals surface area contributed by atoms with E-state index in [-0.39, 0.29) is 18.7 Å². The molecule has 5 nitrogen and oxygen atoms in total. The van der Waals surface area contributed by atoms with Crippen LogP contribution in [-0.4, -0.2) is 35.9 Å². The molecule has 1 aliphatic rings. The quantitative estimate of drug-likeness (QED) is 0.717. The summed E-state index contributed by atoms with van der Waals surface area (Å²) >= 11 is 0. The van der Waals surface area contributed by atoms with Crippen molar-refractivity contribution in [2.45, 2.75) is 50.9 Å². The van der Waals surface area contributed by atoms with E-state index in [1.54, 1.807) is 0 Å². The Kier molecular flexibility index (Phi) is 6.02. The Morgan fingerprint density at radius 2 is 2.05 bits per heavy atom. The second-order valence-corrected chi connectivity index (χ2v) is 5.65. The predicted molar refractivity (Wildman–Crippen MR) is 80.9 cm³/mol. The van der Waals surface area contributed by atoms with E-state index in [1.807, 2.05) is 30.3 Å². The van der Waals surface area contributed by atoms with Gasteiger partial charge in [-0.2, -0.15) is 0 Å². The fraction of sp³-hybridized carbons (Fsp3) is 0.562. The van der Waals surface area contributed by atoms with Crippen LogP contribution in [0.5, 0.6) is 0 Å². The minimum atomic E-state index is -0.356. The van der Waals surface area contributed by atoms with Gasteiger partial charge in [0.2, 0.25) is 0 Å². The second kappa shape index (κ2) is 8.00. The maximum absolute atomic E-state index is 11.7. The first-order valence-corrected chi connectivity index (χ1v) is 7.51. The van der Waals surface area contributed by atoms with Crippen molar-refractivity contribution < 1.29 is 14.6 Å². The van der Waals surface area contributed by atoms with Gasteiger partial charge in [-0.3, -0.25) is 0 Å². The van der Waals surface area contributed by atoms with Crippen LogP contribution < -0.4 is 10.6 Å². The van der Waals surface area contributed by atoms with Gasteiger partial charge in [-0.15, -0.1) is 0 Å². The van der Waals surface area contributed by atoms with Crippen LogP contribution in [0.25, 0.3) is 0 Å². The van der Waals surface area contributed by atoms with Crippen molar-refractivity contribution >= 4 is 6.09 Å². The van der Waals surface area contributed by atoms with Crippen LogP contribution >= 0.6 is 0 Å². The third-order valence-corrected chi connectivity index (χ3v) is 3.76. The molecule has 2 rings (SSSR count). The van der Waals surface area contributed by atoms with E-state index >= 15 is 0 Å². The number of rotatable bonds is 7. The summed E-state index contributed by atoms with van der Waals surface area (Å²) in [5, 5.41) is 15.1. The Bertz CT molecular complexity index is 432. The maximum Gasteiger partial charge on any atom is 0.407 e. The summed E-state index contributed by atoms with van der Waals surface area (Å²) in [5.41, 5.74) is 0.985. The van der Waals surface area contributed by atoms with Crippen molar-refractivity contribution in [3.63, 3.8) is 0 Å². The van der Waals surface area contributed by atoms with Gasteiger partial charge in [-0.05, 0) is 31.7 Å². The van der Waals surface area contributed by atoms with Gasteiger partial charge < -0.3 is 20.5 Å². The number of benzene rings is 1. The highest BCUT2D eigenvalue weighted by molar-refractivity contribution is 5.67. The molecule has 1 saturated carbocycles. The standard InChI is InChI=1S/C16H24N2O3/c1-12(7-8-19)17-14-9-15(10-14)18-16(20)21-11-13-5-3-2-4-6-13/h2-6,12,14-15,17,19H,7-11H2,1H3,(H,18,20). The lowest BCUT2D eigenvalue weighted by atomic mass is 9.86. The molecule has 1 unspecified atom stereocenters. The second-order valence-electron chi connectivity index (χ2n) is 5.65. The third kappa shape index (κ3) is 5.36. The molecule has 1 atom stereocenters. The molecule has 0 bridgehead atoms. The molecule has 0 aromatic heterocycles. The molecule has 1 aliphatic carbocycles. The summed E-state index contributed by atoms with van der Waals surface area (Å²) in [6, 6.07) is 10.6. The largest absolute Gasteiger partial charge is 0.445 e. The number of hydrogen-bond acceptors (Lipinski definition) is 4. The Labute approximate surface area is 125 Å². The Hall–Kier alpha value is -1.59. The fourth-order valence-electron chi connectivity index (χ4n) is 2.48. The summed E-state index contributed by atoms with van der Waals surface area (Å²) in [6.07, 6.45) is 2.23. The SMILES string of the molecule is CC(CCO)NC1CC(NC(=O)OCc2ccccc2)C1. The van der Waals surface area contributed by atoms with E-state index in [2.05, 4.69) is 17.6 Å². The molecular weight excluding hydrogens is 268 g/mol. The van der Waals surface area contributed by atoms with Gasteiger partial charge in [0.1, 0.15) is 6.61 Å². The van der Waals surface area contributed by atoms with Crippen LogP contribution in [0.1, 0.15) is 31.7 Å². The number of hydrogen-bond donors (Lipinski definition) is 3. The van der Waals surface area contributed by atoms with Crippen molar-refractivity contribution in [1.82, 2.24) is 10.6 Å². The number of aliphatic hydroxyl groups is 1. The van der Waals surface area contributed by atoms with Crippen LogP contribution in [0.2, 0.25) is 0 Å². The van der Waals surface area contributed by atoms with E-state index in [4.69, 9.17) is 9.84 Å². The average Bonchev–Trinajstić information content (AvgIpc) is 2.44. The molecule has 5 heteroatoms. The van der Waals surface area contributed by atoms with Crippen LogP contribution in [0.4, 0.5) is 4.79 Å². The lowest BCUT2D eigenvalue weighted by Gasteiger charge is -2.37. The Morgan fingerprint density at radius 3 is 2.71 bits per heavy atom. The summed E-state index contributed by atoms with van der Waals surface area (Å²) in [4.78, 5) is 11.7. The molecule has 116 valence electrons. The number of carbonyl (C=O) groups is 1. The van der Waals surface area contributed by atoms with Gasteiger partial charge >= 0.3 is 6.09 Å². The first-order chi connectivity index (χ1) is 10.2. The number of ether oxygens (including phenoxy) is 1. The first kappa shape index (κ1) is 15.8. The first-order valence-electron chi connectivity index (χ1n) is 7.51. The smallest absolute Gasteiger partial charge is 0.407 e. The lowest BCUT2D eigenvalue weighted by molar-refractivity contribution is 0.124. The van der Waals surface area contributed by atoms with E-state index in [0.29, 0.717) is 18.7 Å². The fourth-order valence-corrected chi connectivity index (χ4v) is 2.48. The summed E-state index contributed by atoms with van der Waals surface area (Å²) < 4.78 is 5.19. The van der Waals surface area contributed by atoms with Crippen molar-refractivity contribution in [3.8, 4) is 0 Å². The zero-order chi connectivity index (χ0) is 15.1. The monoisotopic (exact) mass is 292 g/mol. The van der Waals surface area contributed by atoms with Gasteiger partial charge in [0.25, 0.3) is 0 Å². The van der Waals surface area contributed by atoms with Gasteiger partial charge in [0, 0.05) is 24.7 Å². The zero-order valence-electron chi connectivity index (χ0n) is 12.4. The molecule has 1 fully saturated rings. The number of aliphatic hydroxyl groups excluding tert-OH is 1. The summed E-state index contributed by atoms with van der Waals surface area (Å²) in [5.74, 6) is 0. The zero-order valence-corrected chi connectivity index (χ0v) is 12.4. The number of carbonyl (C=O) groups excluding carboxylic acids is 1. The van der Waals surface area contributed by atoms with E-state index < -0.39 is 0 Å². The van der Waals surface area contributed by atoms with Gasteiger partial charge in [-0.25, -0.2) is 4.79 Å². The van der Waals surface area contributed by atoms with Gasteiger partial charge in [0.15, 0.2) is 0 Å². The highest BCUT2D eigenvalue weighted by Gasteiger charge is 2.31. The molecule has 0 heterocycles. The molecule has 1 aromatic carbocycles. The van der Waals surface area contributed by atoms with E-state index in [1.165, 1.54) is 0 Å². The molecule has 1 amide bonds. The number of alkyl carbamates (subject to hydrolysis) is 1. The topological polar surface area (TPSA) is 70.6 Å². The van der Waals surface area contributed by atoms with Crippen LogP contribution in [0, 0.1) is 0 Å². The molecular formula is C16H24N2O3. The minimum Gasteiger partial charge on any atom is -0.445 e. The Morgan fingerprint density at radius 1 is 1.33 bits per heavy atom. The van der Waals surface area contributed by atoms with Gasteiger partial charge in [-0.1, -0.05) is 30.3 Å². The minimum absolute atomic E-state index is 0.187. The molecule has 0 spiro atoms. The maximum atomic E-state index is 11.7. The van der Waals surface area contributed by atoms with Crippen LogP contribution in [-0.2, 0) is 11.3 Å². The van der Waals surface area contributed by atoms with E-state index in [9.17, 15) is 4.79 Å². The average molecular weight is 292 g/mol. The summed E-state index contributed by atoms with van der Waals surface area (Å²) in [6.45, 7) is 2.56. The number of nitrogens with one attached hydrogen (secondary N) is 2. The van der Waals surface area contributed by atoms with Gasteiger partial charge in [0.05, 0.1) is 0 Å². The highest BCUT2D eigenvalue weighted by Crippen LogP contribution is 2.21. The normalized spacial score (nSPS) is 22.2. The number of amides is 1. The van der Waals surface area contributed by atoms with Crippen molar-refractivity contribution in [3.05, 3.63) is 35.9 Å². The highest BCUT2D eigenvalue weighted by atomic mass is 16.5. The Balaban J connectivity index is 1.58. The third-order valence-electron chi connectivity index (χ3n) is 3.76. The van der Waals surface area contributed by atoms with Crippen LogP contribution in [0.15, 0.2) is 30.3 Å². The molecule has 0 radical (unpaired) electrons. The summed E-state index contributed by atoms with van der Waals surface area (Å²) in [7, 11) is 0. The van der Waals surface area contributed by atoms with E-state index in [0.717, 1.165) is 24.8 Å². The molecule has 0 aliphatic heterocycles. The molecule has 3 N–H and O–H groups in total. The molecule has 21 heavy (non-hydrogen) atoms. The van der Waals surface area contributed by atoms with Crippen molar-refractivity contribution in [1.29, 1.82) is 0 Å². The lowest BCUT2D eigenvalue weighted by Crippen LogP contribution is -2.54. The molecule has 1 aromatic rings. The van der Waals surface area contributed by atoms with Crippen molar-refractivity contribution in [2.75, 3.05) is 6.61 Å².